The molecule has 1 N–H and O–H groups in total. The molecule has 0 saturated carbocycles. The predicted octanol–water partition coefficient (Wildman–Crippen LogP) is 4.51. The molecule has 0 atom stereocenters. The molecule has 1 aliphatic heterocycles. The first-order valence-electron chi connectivity index (χ1n) is 12.0. The monoisotopic (exact) mass is 500 g/mol. The Morgan fingerprint density at radius 3 is 2.57 bits per heavy atom. The number of nitrogens with zero attached hydrogens (tertiary/aromatic N) is 6. The maximum absolute atomic E-state index is 13.2. The number of ether oxygens (including phenoxy) is 2. The number of aromatic nitrogens is 5. The Morgan fingerprint density at radius 1 is 1.11 bits per heavy atom. The van der Waals surface area contributed by atoms with Gasteiger partial charge in [-0.1, -0.05) is 10.6 Å². The molecule has 0 aliphatic carbocycles. The highest BCUT2D eigenvalue weighted by molar-refractivity contribution is 6.03. The van der Waals surface area contributed by atoms with Crippen LogP contribution in [0.15, 0.2) is 49.1 Å². The van der Waals surface area contributed by atoms with Crippen LogP contribution in [-0.4, -0.2) is 54.1 Å². The molecule has 4 heterocycles. The molecule has 10 heteroatoms. The molecule has 3 aromatic heterocycles. The molecule has 190 valence electrons. The number of benzene rings is 1. The van der Waals surface area contributed by atoms with Crippen molar-refractivity contribution in [2.75, 3.05) is 12.4 Å². The summed E-state index contributed by atoms with van der Waals surface area (Å²) < 4.78 is 16.4. The third-order valence-corrected chi connectivity index (χ3v) is 6.18. The second-order valence-electron chi connectivity index (χ2n) is 9.33. The molecular formula is C27H30N7O3+. The van der Waals surface area contributed by atoms with Gasteiger partial charge < -0.3 is 14.8 Å². The molecule has 10 nitrogen and oxygen atoms in total. The van der Waals surface area contributed by atoms with E-state index in [0.717, 1.165) is 45.0 Å². The predicted molar refractivity (Wildman–Crippen MR) is 140 cm³/mol. The Bertz CT molecular complexity index is 1530. The summed E-state index contributed by atoms with van der Waals surface area (Å²) in [7, 11) is 5.39. The van der Waals surface area contributed by atoms with Crippen molar-refractivity contribution < 1.29 is 18.8 Å². The molecule has 0 fully saturated rings. The van der Waals surface area contributed by atoms with Gasteiger partial charge in [-0.05, 0) is 38.5 Å². The topological polar surface area (TPSA) is 99.1 Å². The standard InChI is InChI=1S/C27H30N7O3/c1-16(2)37-27(35)34-23(20-13-29-32(4)14-20)9-19-12-28-26(11-24(19)34)30-22-8-7-18(10-25(22)36-6)21-15-33(5)31-17(21)3/h7-8,10-16H,9H2,1-6H3,(H,28,30)/q+1. The zero-order valence-electron chi connectivity index (χ0n) is 21.8. The zero-order valence-corrected chi connectivity index (χ0v) is 21.8. The van der Waals surface area contributed by atoms with Gasteiger partial charge in [0.15, 0.2) is 0 Å². The summed E-state index contributed by atoms with van der Waals surface area (Å²) in [6, 6.07) is 7.80. The molecule has 0 unspecified atom stereocenters. The minimum Gasteiger partial charge on any atom is -0.495 e. The number of carbonyl (C=O) groups is 1. The Morgan fingerprint density at radius 2 is 1.92 bits per heavy atom. The van der Waals surface area contributed by atoms with E-state index in [4.69, 9.17) is 9.47 Å². The van der Waals surface area contributed by atoms with Crippen molar-refractivity contribution in [3.05, 3.63) is 65.9 Å². The first-order valence-corrected chi connectivity index (χ1v) is 12.0. The van der Waals surface area contributed by atoms with Gasteiger partial charge in [0.2, 0.25) is 11.4 Å². The van der Waals surface area contributed by atoms with Gasteiger partial charge in [0.1, 0.15) is 17.7 Å². The van der Waals surface area contributed by atoms with Crippen molar-refractivity contribution in [2.24, 2.45) is 14.1 Å². The largest absolute Gasteiger partial charge is 0.603 e. The summed E-state index contributed by atoms with van der Waals surface area (Å²) in [6.45, 7) is 5.65. The molecule has 1 amide bonds. The van der Waals surface area contributed by atoms with E-state index in [9.17, 15) is 4.79 Å². The van der Waals surface area contributed by atoms with Gasteiger partial charge in [0.05, 0.1) is 48.3 Å². The first kappa shape index (κ1) is 24.2. The van der Waals surface area contributed by atoms with E-state index in [1.807, 2.05) is 71.5 Å². The lowest BCUT2D eigenvalue weighted by atomic mass is 10.1. The van der Waals surface area contributed by atoms with Gasteiger partial charge in [-0.2, -0.15) is 15.0 Å². The maximum atomic E-state index is 13.2. The Labute approximate surface area is 215 Å². The zero-order chi connectivity index (χ0) is 26.3. The summed E-state index contributed by atoms with van der Waals surface area (Å²) in [5, 5.41) is 12.1. The van der Waals surface area contributed by atoms with Crippen LogP contribution in [-0.2, 0) is 25.3 Å². The second kappa shape index (κ2) is 9.53. The summed E-state index contributed by atoms with van der Waals surface area (Å²) >= 11 is 0. The SMILES string of the molecule is COc1cc(-c2cn(C)nc2C)ccc1Nc1cc2c(cn1)CC(c1cnn(C)c1)=[N+]2C(=O)OC(C)C. The fourth-order valence-corrected chi connectivity index (χ4v) is 4.54. The first-order chi connectivity index (χ1) is 17.7. The summed E-state index contributed by atoms with van der Waals surface area (Å²) in [5.74, 6) is 1.25. The smallest absolute Gasteiger partial charge is 0.495 e. The van der Waals surface area contributed by atoms with Crippen molar-refractivity contribution in [1.29, 1.82) is 0 Å². The van der Waals surface area contributed by atoms with Gasteiger partial charge in [0, 0.05) is 38.2 Å². The maximum Gasteiger partial charge on any atom is 0.603 e. The highest BCUT2D eigenvalue weighted by Crippen LogP contribution is 2.36. The molecular weight excluding hydrogens is 470 g/mol. The minimum atomic E-state index is -0.432. The van der Waals surface area contributed by atoms with Gasteiger partial charge in [-0.15, -0.1) is 0 Å². The lowest BCUT2D eigenvalue weighted by Gasteiger charge is -2.12. The minimum absolute atomic E-state index is 0.252. The summed E-state index contributed by atoms with van der Waals surface area (Å²) in [6.07, 6.45) is 7.27. The third kappa shape index (κ3) is 4.69. The lowest BCUT2D eigenvalue weighted by Crippen LogP contribution is -2.25. The number of rotatable bonds is 6. The fraction of sp³-hybridized carbons (Fsp3) is 0.296. The number of fused-ring (bicyclic) bond motifs is 1. The van der Waals surface area contributed by atoms with Crippen molar-refractivity contribution in [1.82, 2.24) is 24.5 Å². The third-order valence-electron chi connectivity index (χ3n) is 6.18. The van der Waals surface area contributed by atoms with E-state index < -0.39 is 6.09 Å². The van der Waals surface area contributed by atoms with Gasteiger partial charge in [-0.3, -0.25) is 9.36 Å². The molecule has 5 rings (SSSR count). The van der Waals surface area contributed by atoms with Crippen molar-refractivity contribution >= 4 is 29.0 Å². The molecule has 1 aliphatic rings. The van der Waals surface area contributed by atoms with Crippen molar-refractivity contribution in [3.8, 4) is 16.9 Å². The highest BCUT2D eigenvalue weighted by atomic mass is 16.6. The van der Waals surface area contributed by atoms with E-state index in [0.29, 0.717) is 18.0 Å². The number of carbonyl (C=O) groups excluding carboxylic acids is 1. The van der Waals surface area contributed by atoms with Gasteiger partial charge >= 0.3 is 6.09 Å². The average Bonchev–Trinajstić information content (AvgIpc) is 3.54. The fourth-order valence-electron chi connectivity index (χ4n) is 4.54. The van der Waals surface area contributed by atoms with E-state index >= 15 is 0 Å². The molecule has 0 radical (unpaired) electrons. The van der Waals surface area contributed by atoms with Gasteiger partial charge in [0.25, 0.3) is 0 Å². The number of nitrogens with one attached hydrogen (secondary N) is 1. The number of anilines is 2. The second-order valence-corrected chi connectivity index (χ2v) is 9.33. The van der Waals surface area contributed by atoms with Crippen molar-refractivity contribution in [3.63, 3.8) is 0 Å². The van der Waals surface area contributed by atoms with Crippen LogP contribution >= 0.6 is 0 Å². The van der Waals surface area contributed by atoms with E-state index in [2.05, 4.69) is 20.5 Å². The molecule has 4 aromatic rings. The number of hydrogen-bond acceptors (Lipinski definition) is 7. The van der Waals surface area contributed by atoms with Crippen LogP contribution in [0, 0.1) is 6.92 Å². The van der Waals surface area contributed by atoms with E-state index in [-0.39, 0.29) is 6.10 Å². The summed E-state index contributed by atoms with van der Waals surface area (Å²) in [5.41, 5.74) is 7.07. The van der Waals surface area contributed by atoms with Crippen LogP contribution in [0.2, 0.25) is 0 Å². The lowest BCUT2D eigenvalue weighted by molar-refractivity contribution is -0.356. The van der Waals surface area contributed by atoms with Crippen LogP contribution in [0.4, 0.5) is 22.0 Å². The summed E-state index contributed by atoms with van der Waals surface area (Å²) in [4.78, 5) is 17.8. The van der Waals surface area contributed by atoms with Crippen LogP contribution in [0.5, 0.6) is 5.75 Å². The van der Waals surface area contributed by atoms with Crippen molar-refractivity contribution in [2.45, 2.75) is 33.3 Å². The number of aryl methyl sites for hydroxylation is 3. The molecule has 1 aromatic carbocycles. The van der Waals surface area contributed by atoms with Gasteiger partial charge in [-0.25, -0.2) is 4.98 Å². The normalized spacial score (nSPS) is 12.7. The number of methoxy groups -OCH3 is 1. The van der Waals surface area contributed by atoms with Crippen LogP contribution in [0.1, 0.15) is 30.7 Å². The Hall–Kier alpha value is -4.47. The van der Waals surface area contributed by atoms with Crippen LogP contribution in [0.25, 0.3) is 11.1 Å². The van der Waals surface area contributed by atoms with Crippen LogP contribution < -0.4 is 10.1 Å². The Balaban J connectivity index is 1.50. The quantitative estimate of drug-likeness (QED) is 0.389. The van der Waals surface area contributed by atoms with E-state index in [1.54, 1.807) is 33.4 Å². The number of hydrogen-bond donors (Lipinski definition) is 1. The molecule has 0 bridgehead atoms. The number of amides is 1. The van der Waals surface area contributed by atoms with E-state index in [1.165, 1.54) is 0 Å². The highest BCUT2D eigenvalue weighted by Gasteiger charge is 2.39. The van der Waals surface area contributed by atoms with Crippen LogP contribution in [0.3, 0.4) is 0 Å². The average molecular weight is 501 g/mol. The molecule has 0 saturated heterocycles. The molecule has 0 spiro atoms. The molecule has 37 heavy (non-hydrogen) atoms. The number of pyridine rings is 1. The Kier molecular flexibility index (Phi) is 6.24.